The summed E-state index contributed by atoms with van der Waals surface area (Å²) in [6.45, 7) is 9.32. The number of benzene rings is 3. The predicted molar refractivity (Wildman–Crippen MR) is 156 cm³/mol. The number of amides is 2. The van der Waals surface area contributed by atoms with Crippen LogP contribution >= 0.6 is 0 Å². The first-order valence-corrected chi connectivity index (χ1v) is 14.8. The van der Waals surface area contributed by atoms with Crippen LogP contribution in [0.5, 0.6) is 0 Å². The quantitative estimate of drug-likeness (QED) is 0.341. The molecule has 3 aromatic rings. The Morgan fingerprint density at radius 2 is 1.44 bits per heavy atom. The number of hydrogen-bond donors (Lipinski definition) is 1. The third-order valence-corrected chi connectivity index (χ3v) is 8.32. The van der Waals surface area contributed by atoms with Crippen molar-refractivity contribution in [1.29, 1.82) is 0 Å². The van der Waals surface area contributed by atoms with E-state index in [1.165, 1.54) is 17.0 Å². The van der Waals surface area contributed by atoms with Crippen LogP contribution < -0.4 is 9.62 Å². The number of sulfonamides is 1. The molecule has 0 aliphatic heterocycles. The van der Waals surface area contributed by atoms with Crippen LogP contribution in [0.2, 0.25) is 0 Å². The van der Waals surface area contributed by atoms with Gasteiger partial charge in [0.2, 0.25) is 11.8 Å². The molecule has 39 heavy (non-hydrogen) atoms. The van der Waals surface area contributed by atoms with E-state index in [0.717, 1.165) is 27.4 Å². The van der Waals surface area contributed by atoms with E-state index < -0.39 is 28.5 Å². The molecule has 1 N–H and O–H groups in total. The molecular formula is C31H39N3O4S. The third kappa shape index (κ3) is 7.69. The topological polar surface area (TPSA) is 86.8 Å². The molecule has 1 atom stereocenters. The normalized spacial score (nSPS) is 12.2. The van der Waals surface area contributed by atoms with E-state index in [1.54, 1.807) is 30.3 Å². The van der Waals surface area contributed by atoms with E-state index in [1.807, 2.05) is 71.0 Å². The number of anilines is 1. The van der Waals surface area contributed by atoms with Crippen LogP contribution in [0.4, 0.5) is 5.69 Å². The summed E-state index contributed by atoms with van der Waals surface area (Å²) < 4.78 is 28.8. The minimum absolute atomic E-state index is 0.0899. The van der Waals surface area contributed by atoms with Crippen molar-refractivity contribution in [3.8, 4) is 0 Å². The maximum Gasteiger partial charge on any atom is 0.264 e. The SMILES string of the molecule is CCc1ccc(N(CC(=O)N(Cc2ccc(C)cc2)[C@@H](CC)C(=O)NC(C)C)S(=O)(=O)c2ccccc2)cc1. The van der Waals surface area contributed by atoms with Crippen LogP contribution in [0.25, 0.3) is 0 Å². The number of aryl methyl sites for hydroxylation is 2. The Bertz CT molecular complexity index is 1340. The molecule has 0 saturated heterocycles. The molecular weight excluding hydrogens is 510 g/mol. The minimum Gasteiger partial charge on any atom is -0.352 e. The fraction of sp³-hybridized carbons (Fsp3) is 0.355. The number of carbonyl (C=O) groups excluding carboxylic acids is 2. The Kier molecular flexibility index (Phi) is 10.3. The summed E-state index contributed by atoms with van der Waals surface area (Å²) in [6, 6.07) is 22.1. The highest BCUT2D eigenvalue weighted by atomic mass is 32.2. The second-order valence-corrected chi connectivity index (χ2v) is 11.8. The van der Waals surface area contributed by atoms with E-state index >= 15 is 0 Å². The van der Waals surface area contributed by atoms with Crippen molar-refractivity contribution in [3.05, 3.63) is 95.6 Å². The first-order valence-electron chi connectivity index (χ1n) is 13.4. The molecule has 0 aliphatic rings. The molecule has 3 aromatic carbocycles. The van der Waals surface area contributed by atoms with Gasteiger partial charge in [-0.05, 0) is 69.0 Å². The van der Waals surface area contributed by atoms with Gasteiger partial charge in [0, 0.05) is 12.6 Å². The van der Waals surface area contributed by atoms with Crippen molar-refractivity contribution in [1.82, 2.24) is 10.2 Å². The number of nitrogens with zero attached hydrogens (tertiary/aromatic N) is 2. The molecule has 0 radical (unpaired) electrons. The molecule has 0 unspecified atom stereocenters. The fourth-order valence-electron chi connectivity index (χ4n) is 4.34. The standard InChI is InChI=1S/C31H39N3O4S/c1-6-25-17-19-27(20-18-25)34(39(37,38)28-11-9-8-10-12-28)22-30(35)33(21-26-15-13-24(5)14-16-26)29(7-2)31(36)32-23(3)4/h8-20,23,29H,6-7,21-22H2,1-5H3,(H,32,36)/t29-/m0/s1. The van der Waals surface area contributed by atoms with E-state index in [-0.39, 0.29) is 23.4 Å². The molecule has 0 heterocycles. The maximum absolute atomic E-state index is 14.0. The van der Waals surface area contributed by atoms with Crippen LogP contribution in [0.15, 0.2) is 83.8 Å². The van der Waals surface area contributed by atoms with Gasteiger partial charge in [0.05, 0.1) is 10.6 Å². The van der Waals surface area contributed by atoms with Crippen molar-refractivity contribution in [2.75, 3.05) is 10.8 Å². The first kappa shape index (κ1) is 29.9. The van der Waals surface area contributed by atoms with Crippen LogP contribution in [0.1, 0.15) is 50.8 Å². The number of hydrogen-bond acceptors (Lipinski definition) is 4. The molecule has 7 nitrogen and oxygen atoms in total. The Hall–Kier alpha value is -3.65. The van der Waals surface area contributed by atoms with Gasteiger partial charge in [0.25, 0.3) is 10.0 Å². The second kappa shape index (κ2) is 13.4. The highest BCUT2D eigenvalue weighted by Gasteiger charge is 2.33. The average molecular weight is 550 g/mol. The molecule has 0 aliphatic carbocycles. The molecule has 0 spiro atoms. The largest absolute Gasteiger partial charge is 0.352 e. The lowest BCUT2D eigenvalue weighted by atomic mass is 10.1. The highest BCUT2D eigenvalue weighted by Crippen LogP contribution is 2.25. The Morgan fingerprint density at radius 1 is 0.846 bits per heavy atom. The lowest BCUT2D eigenvalue weighted by molar-refractivity contribution is -0.140. The summed E-state index contributed by atoms with van der Waals surface area (Å²) in [5.74, 6) is -0.724. The number of nitrogens with one attached hydrogen (secondary N) is 1. The van der Waals surface area contributed by atoms with E-state index in [4.69, 9.17) is 0 Å². The van der Waals surface area contributed by atoms with Gasteiger partial charge in [0.15, 0.2) is 0 Å². The van der Waals surface area contributed by atoms with Gasteiger partial charge in [-0.1, -0.05) is 74.0 Å². The van der Waals surface area contributed by atoms with Crippen molar-refractivity contribution < 1.29 is 18.0 Å². The number of rotatable bonds is 12. The molecule has 0 fully saturated rings. The summed E-state index contributed by atoms with van der Waals surface area (Å²) in [5, 5.41) is 2.91. The number of carbonyl (C=O) groups is 2. The summed E-state index contributed by atoms with van der Waals surface area (Å²) >= 11 is 0. The molecule has 208 valence electrons. The van der Waals surface area contributed by atoms with Gasteiger partial charge in [0.1, 0.15) is 12.6 Å². The first-order chi connectivity index (χ1) is 18.6. The van der Waals surface area contributed by atoms with Crippen molar-refractivity contribution in [2.24, 2.45) is 0 Å². The van der Waals surface area contributed by atoms with E-state index in [2.05, 4.69) is 5.32 Å². The van der Waals surface area contributed by atoms with Crippen LogP contribution in [-0.4, -0.2) is 43.8 Å². The van der Waals surface area contributed by atoms with Gasteiger partial charge in [-0.2, -0.15) is 0 Å². The highest BCUT2D eigenvalue weighted by molar-refractivity contribution is 7.92. The molecule has 0 saturated carbocycles. The lowest BCUT2D eigenvalue weighted by Crippen LogP contribution is -2.53. The van der Waals surface area contributed by atoms with E-state index in [9.17, 15) is 18.0 Å². The van der Waals surface area contributed by atoms with Gasteiger partial charge >= 0.3 is 0 Å². The Labute approximate surface area is 232 Å². The Morgan fingerprint density at radius 3 is 1.97 bits per heavy atom. The van der Waals surface area contributed by atoms with Crippen LogP contribution in [0.3, 0.4) is 0 Å². The van der Waals surface area contributed by atoms with Gasteiger partial charge < -0.3 is 10.2 Å². The second-order valence-electron chi connectivity index (χ2n) is 9.94. The molecule has 8 heteroatoms. The monoisotopic (exact) mass is 549 g/mol. The molecule has 0 aromatic heterocycles. The van der Waals surface area contributed by atoms with Gasteiger partial charge in [-0.15, -0.1) is 0 Å². The van der Waals surface area contributed by atoms with E-state index in [0.29, 0.717) is 12.1 Å². The van der Waals surface area contributed by atoms with Crippen molar-refractivity contribution in [2.45, 2.75) is 71.0 Å². The zero-order valence-electron chi connectivity index (χ0n) is 23.4. The molecule has 2 amide bonds. The Balaban J connectivity index is 2.05. The van der Waals surface area contributed by atoms with Gasteiger partial charge in [-0.25, -0.2) is 8.42 Å². The summed E-state index contributed by atoms with van der Waals surface area (Å²) in [4.78, 5) is 28.8. The van der Waals surface area contributed by atoms with Crippen LogP contribution in [0, 0.1) is 6.92 Å². The lowest BCUT2D eigenvalue weighted by Gasteiger charge is -2.33. The summed E-state index contributed by atoms with van der Waals surface area (Å²) in [6.07, 6.45) is 1.19. The summed E-state index contributed by atoms with van der Waals surface area (Å²) in [7, 11) is -4.07. The molecule has 0 bridgehead atoms. The molecule has 3 rings (SSSR count). The fourth-order valence-corrected chi connectivity index (χ4v) is 5.77. The van der Waals surface area contributed by atoms with Crippen LogP contribution in [-0.2, 0) is 32.6 Å². The summed E-state index contributed by atoms with van der Waals surface area (Å²) in [5.41, 5.74) is 3.38. The average Bonchev–Trinajstić information content (AvgIpc) is 2.92. The zero-order chi connectivity index (χ0) is 28.6. The third-order valence-electron chi connectivity index (χ3n) is 6.53. The van der Waals surface area contributed by atoms with Crippen molar-refractivity contribution >= 4 is 27.5 Å². The zero-order valence-corrected chi connectivity index (χ0v) is 24.2. The minimum atomic E-state index is -4.07. The van der Waals surface area contributed by atoms with Crippen molar-refractivity contribution in [3.63, 3.8) is 0 Å². The van der Waals surface area contributed by atoms with Gasteiger partial charge in [-0.3, -0.25) is 13.9 Å². The maximum atomic E-state index is 14.0. The predicted octanol–water partition coefficient (Wildman–Crippen LogP) is 5.08. The smallest absolute Gasteiger partial charge is 0.264 e.